The average Bonchev–Trinajstić information content (AvgIpc) is 2.05. The first-order chi connectivity index (χ1) is 5.70. The fraction of sp³-hybridized carbons (Fsp3) is 0.667. The number of rotatable bonds is 4. The summed E-state index contributed by atoms with van der Waals surface area (Å²) in [6.07, 6.45) is 1.22. The zero-order valence-electron chi connectivity index (χ0n) is 7.68. The van der Waals surface area contributed by atoms with Crippen molar-refractivity contribution in [3.63, 3.8) is 0 Å². The van der Waals surface area contributed by atoms with Crippen molar-refractivity contribution in [1.82, 2.24) is 5.32 Å². The average molecular weight is 168 g/mol. The predicted octanol–water partition coefficient (Wildman–Crippen LogP) is 0.253. The zero-order valence-corrected chi connectivity index (χ0v) is 7.68. The van der Waals surface area contributed by atoms with Crippen LogP contribution in [0.4, 0.5) is 0 Å². The monoisotopic (exact) mass is 168 g/mol. The predicted molar refractivity (Wildman–Crippen MR) is 49.3 cm³/mol. The van der Waals surface area contributed by atoms with Crippen LogP contribution in [0.3, 0.4) is 0 Å². The molecule has 0 radical (unpaired) electrons. The lowest BCUT2D eigenvalue weighted by atomic mass is 10.1. The van der Waals surface area contributed by atoms with Gasteiger partial charge in [0, 0.05) is 12.5 Å². The standard InChI is InChI=1S/C9H16N2O/c1-3-5-6-11-9(12)7-8(10)4-2/h8H,4,6-7,10H2,1-2H3,(H,11,12). The van der Waals surface area contributed by atoms with Gasteiger partial charge in [0.05, 0.1) is 6.54 Å². The van der Waals surface area contributed by atoms with Crippen molar-refractivity contribution in [1.29, 1.82) is 0 Å². The third-order valence-corrected chi connectivity index (χ3v) is 1.52. The van der Waals surface area contributed by atoms with Gasteiger partial charge < -0.3 is 11.1 Å². The van der Waals surface area contributed by atoms with E-state index in [4.69, 9.17) is 5.73 Å². The minimum atomic E-state index is -0.0282. The van der Waals surface area contributed by atoms with Crippen LogP contribution in [0.1, 0.15) is 26.7 Å². The largest absolute Gasteiger partial charge is 0.345 e. The number of nitrogens with two attached hydrogens (primary N) is 1. The van der Waals surface area contributed by atoms with Gasteiger partial charge in [-0.3, -0.25) is 4.79 Å². The van der Waals surface area contributed by atoms with Crippen LogP contribution in [0, 0.1) is 11.8 Å². The van der Waals surface area contributed by atoms with Crippen molar-refractivity contribution in [3.05, 3.63) is 0 Å². The number of nitrogens with one attached hydrogen (secondary N) is 1. The maximum absolute atomic E-state index is 11.0. The van der Waals surface area contributed by atoms with E-state index < -0.39 is 0 Å². The number of hydrogen-bond acceptors (Lipinski definition) is 2. The Morgan fingerprint density at radius 1 is 1.67 bits per heavy atom. The summed E-state index contributed by atoms with van der Waals surface area (Å²) in [5.41, 5.74) is 5.58. The molecular formula is C9H16N2O. The van der Waals surface area contributed by atoms with E-state index in [-0.39, 0.29) is 11.9 Å². The van der Waals surface area contributed by atoms with Crippen molar-refractivity contribution in [2.45, 2.75) is 32.7 Å². The molecule has 1 amide bonds. The van der Waals surface area contributed by atoms with Gasteiger partial charge in [0.1, 0.15) is 0 Å². The highest BCUT2D eigenvalue weighted by Crippen LogP contribution is 1.91. The van der Waals surface area contributed by atoms with Gasteiger partial charge in [-0.25, -0.2) is 0 Å². The Morgan fingerprint density at radius 3 is 2.83 bits per heavy atom. The molecule has 0 aromatic heterocycles. The maximum Gasteiger partial charge on any atom is 0.222 e. The lowest BCUT2D eigenvalue weighted by Gasteiger charge is -2.06. The third kappa shape index (κ3) is 5.75. The van der Waals surface area contributed by atoms with Crippen LogP contribution in [-0.2, 0) is 4.79 Å². The van der Waals surface area contributed by atoms with Gasteiger partial charge >= 0.3 is 0 Å². The molecule has 0 aromatic carbocycles. The van der Waals surface area contributed by atoms with Crippen LogP contribution in [0.25, 0.3) is 0 Å². The second-order valence-corrected chi connectivity index (χ2v) is 2.58. The minimum absolute atomic E-state index is 0.0212. The molecule has 0 fully saturated rings. The Balaban J connectivity index is 3.50. The lowest BCUT2D eigenvalue weighted by molar-refractivity contribution is -0.121. The molecule has 3 heteroatoms. The minimum Gasteiger partial charge on any atom is -0.345 e. The molecule has 0 aliphatic rings. The Labute approximate surface area is 73.7 Å². The molecular weight excluding hydrogens is 152 g/mol. The van der Waals surface area contributed by atoms with Crippen molar-refractivity contribution in [3.8, 4) is 11.8 Å². The highest BCUT2D eigenvalue weighted by molar-refractivity contribution is 5.76. The van der Waals surface area contributed by atoms with E-state index in [1.807, 2.05) is 6.92 Å². The zero-order chi connectivity index (χ0) is 9.40. The summed E-state index contributed by atoms with van der Waals surface area (Å²) in [5.74, 6) is 5.42. The molecule has 1 unspecified atom stereocenters. The molecule has 68 valence electrons. The van der Waals surface area contributed by atoms with Gasteiger partial charge in [-0.1, -0.05) is 12.8 Å². The smallest absolute Gasteiger partial charge is 0.222 e. The third-order valence-electron chi connectivity index (χ3n) is 1.52. The summed E-state index contributed by atoms with van der Waals surface area (Å²) in [6.45, 7) is 4.12. The van der Waals surface area contributed by atoms with E-state index in [2.05, 4.69) is 17.2 Å². The molecule has 0 rings (SSSR count). The highest BCUT2D eigenvalue weighted by atomic mass is 16.1. The molecule has 1 atom stereocenters. The van der Waals surface area contributed by atoms with Crippen LogP contribution in [-0.4, -0.2) is 18.5 Å². The summed E-state index contributed by atoms with van der Waals surface area (Å²) in [5, 5.41) is 2.66. The van der Waals surface area contributed by atoms with Gasteiger partial charge in [0.2, 0.25) is 5.91 Å². The fourth-order valence-electron chi connectivity index (χ4n) is 0.686. The Hall–Kier alpha value is -1.01. The van der Waals surface area contributed by atoms with Gasteiger partial charge in [-0.05, 0) is 13.3 Å². The highest BCUT2D eigenvalue weighted by Gasteiger charge is 2.05. The summed E-state index contributed by atoms with van der Waals surface area (Å²) >= 11 is 0. The lowest BCUT2D eigenvalue weighted by Crippen LogP contribution is -2.31. The molecule has 0 heterocycles. The normalized spacial score (nSPS) is 11.2. The van der Waals surface area contributed by atoms with E-state index in [0.29, 0.717) is 13.0 Å². The topological polar surface area (TPSA) is 55.1 Å². The number of carbonyl (C=O) groups excluding carboxylic acids is 1. The van der Waals surface area contributed by atoms with E-state index in [1.165, 1.54) is 0 Å². The van der Waals surface area contributed by atoms with E-state index >= 15 is 0 Å². The Kier molecular flexibility index (Phi) is 6.12. The van der Waals surface area contributed by atoms with Crippen LogP contribution >= 0.6 is 0 Å². The number of hydrogen-bond donors (Lipinski definition) is 2. The molecule has 0 aliphatic carbocycles. The number of amides is 1. The van der Waals surface area contributed by atoms with Crippen LogP contribution in [0.5, 0.6) is 0 Å². The summed E-state index contributed by atoms with van der Waals surface area (Å²) < 4.78 is 0. The molecule has 0 bridgehead atoms. The molecule has 0 saturated heterocycles. The van der Waals surface area contributed by atoms with Crippen molar-refractivity contribution in [2.24, 2.45) is 5.73 Å². The van der Waals surface area contributed by atoms with Gasteiger partial charge in [-0.15, -0.1) is 5.92 Å². The van der Waals surface area contributed by atoms with Gasteiger partial charge in [0.25, 0.3) is 0 Å². The molecule has 3 N–H and O–H groups in total. The molecule has 0 aromatic rings. The van der Waals surface area contributed by atoms with Gasteiger partial charge in [-0.2, -0.15) is 0 Å². The van der Waals surface area contributed by atoms with Crippen LogP contribution < -0.4 is 11.1 Å². The summed E-state index contributed by atoms with van der Waals surface area (Å²) in [6, 6.07) is -0.0282. The number of carbonyl (C=O) groups is 1. The quantitative estimate of drug-likeness (QED) is 0.591. The van der Waals surface area contributed by atoms with Crippen LogP contribution in [0.2, 0.25) is 0 Å². The molecule has 0 saturated carbocycles. The second-order valence-electron chi connectivity index (χ2n) is 2.58. The Morgan fingerprint density at radius 2 is 2.33 bits per heavy atom. The second kappa shape index (κ2) is 6.68. The fourth-order valence-corrected chi connectivity index (χ4v) is 0.686. The van der Waals surface area contributed by atoms with Crippen molar-refractivity contribution < 1.29 is 4.79 Å². The Bertz CT molecular complexity index is 190. The summed E-state index contributed by atoms with van der Waals surface area (Å²) in [4.78, 5) is 11.0. The van der Waals surface area contributed by atoms with E-state index in [9.17, 15) is 4.79 Å². The van der Waals surface area contributed by atoms with E-state index in [1.54, 1.807) is 6.92 Å². The first kappa shape index (κ1) is 11.0. The van der Waals surface area contributed by atoms with Gasteiger partial charge in [0.15, 0.2) is 0 Å². The SMILES string of the molecule is CC#CCNC(=O)CC(N)CC. The van der Waals surface area contributed by atoms with Crippen molar-refractivity contribution in [2.75, 3.05) is 6.54 Å². The maximum atomic E-state index is 11.0. The summed E-state index contributed by atoms with van der Waals surface area (Å²) in [7, 11) is 0. The molecule has 0 aliphatic heterocycles. The van der Waals surface area contributed by atoms with Crippen molar-refractivity contribution >= 4 is 5.91 Å². The molecule has 12 heavy (non-hydrogen) atoms. The van der Waals surface area contributed by atoms with E-state index in [0.717, 1.165) is 6.42 Å². The van der Waals surface area contributed by atoms with Crippen LogP contribution in [0.15, 0.2) is 0 Å². The molecule has 3 nitrogen and oxygen atoms in total. The first-order valence-electron chi connectivity index (χ1n) is 4.12. The molecule has 0 spiro atoms. The first-order valence-corrected chi connectivity index (χ1v) is 4.12.